The van der Waals surface area contributed by atoms with Gasteiger partial charge in [-0.1, -0.05) is 96.5 Å². The third-order valence-corrected chi connectivity index (χ3v) is 9.62. The highest BCUT2D eigenvalue weighted by Crippen LogP contribution is 2.42. The van der Waals surface area contributed by atoms with Crippen molar-refractivity contribution in [2.45, 2.75) is 38.9 Å². The number of fused-ring (bicyclic) bond motifs is 1. The van der Waals surface area contributed by atoms with Crippen LogP contribution in [0.2, 0.25) is 0 Å². The summed E-state index contributed by atoms with van der Waals surface area (Å²) in [6.45, 7) is 7.30. The second-order valence-electron chi connectivity index (χ2n) is 9.50. The number of hydrogen-bond donors (Lipinski definition) is 1. The highest BCUT2D eigenvalue weighted by Gasteiger charge is 2.35. The van der Waals surface area contributed by atoms with E-state index >= 15 is 0 Å². The summed E-state index contributed by atoms with van der Waals surface area (Å²) in [6, 6.07) is 31.7. The molecule has 4 aromatic carbocycles. The molecule has 0 amide bonds. The van der Waals surface area contributed by atoms with Crippen molar-refractivity contribution < 1.29 is 14.3 Å². The zero-order valence-corrected chi connectivity index (χ0v) is 20.6. The quantitative estimate of drug-likeness (QED) is 0.338. The first-order valence-corrected chi connectivity index (χ1v) is 12.9. The largest absolute Gasteiger partial charge is 0.427 e. The molecule has 0 atom stereocenters. The van der Waals surface area contributed by atoms with E-state index in [0.29, 0.717) is 7.48 Å². The molecule has 0 aliphatic rings. The molecule has 5 heteroatoms. The van der Waals surface area contributed by atoms with Crippen molar-refractivity contribution in [3.8, 4) is 0 Å². The van der Waals surface area contributed by atoms with Crippen molar-refractivity contribution in [1.29, 1.82) is 0 Å². The Bertz CT molecular complexity index is 1250. The van der Waals surface area contributed by atoms with Gasteiger partial charge in [-0.05, 0) is 44.5 Å². The first-order valence-electron chi connectivity index (χ1n) is 11.2. The lowest BCUT2D eigenvalue weighted by atomic mass is 9.82. The summed E-state index contributed by atoms with van der Waals surface area (Å²) in [4.78, 5) is 0. The molecule has 0 radical (unpaired) electrons. The van der Waals surface area contributed by atoms with Gasteiger partial charge in [-0.15, -0.1) is 0 Å². The Labute approximate surface area is 197 Å². The molecular formula is C28H30BO3P. The third-order valence-electron chi connectivity index (χ3n) is 6.56. The van der Waals surface area contributed by atoms with Crippen LogP contribution in [0.15, 0.2) is 97.1 Å². The molecule has 4 rings (SSSR count). The van der Waals surface area contributed by atoms with Crippen LogP contribution in [0.1, 0.15) is 27.7 Å². The van der Waals surface area contributed by atoms with E-state index in [1.807, 2.05) is 98.8 Å². The van der Waals surface area contributed by atoms with Gasteiger partial charge in [-0.2, -0.15) is 0 Å². The second-order valence-corrected chi connectivity index (χ2v) is 12.3. The molecule has 1 N–H and O–H groups in total. The van der Waals surface area contributed by atoms with Crippen LogP contribution in [0.25, 0.3) is 10.8 Å². The highest BCUT2D eigenvalue weighted by atomic mass is 31.2. The maximum Gasteiger partial charge on any atom is 0.309 e. The molecule has 0 aromatic heterocycles. The second kappa shape index (κ2) is 8.95. The zero-order chi connectivity index (χ0) is 23.7. The Balaban J connectivity index is 1.71. The van der Waals surface area contributed by atoms with Gasteiger partial charge in [0, 0.05) is 15.9 Å². The predicted octanol–water partition coefficient (Wildman–Crippen LogP) is 4.02. The SMILES string of the molecule is CC(C)(O)C(C)(C)OBc1ccc2cc(P(=O)(c3ccccc3)c3ccccc3)ccc2c1. The zero-order valence-electron chi connectivity index (χ0n) is 19.7. The lowest BCUT2D eigenvalue weighted by Gasteiger charge is -2.37. The van der Waals surface area contributed by atoms with Gasteiger partial charge in [-0.3, -0.25) is 0 Å². The summed E-state index contributed by atoms with van der Waals surface area (Å²) in [7, 11) is -2.59. The van der Waals surface area contributed by atoms with Crippen LogP contribution in [0, 0.1) is 0 Å². The van der Waals surface area contributed by atoms with Gasteiger partial charge >= 0.3 is 7.48 Å². The number of hydrogen-bond acceptors (Lipinski definition) is 3. The van der Waals surface area contributed by atoms with Crippen LogP contribution in [-0.4, -0.2) is 23.8 Å². The van der Waals surface area contributed by atoms with Crippen LogP contribution < -0.4 is 21.4 Å². The highest BCUT2D eigenvalue weighted by molar-refractivity contribution is 7.85. The first-order chi connectivity index (χ1) is 15.6. The normalized spacial score (nSPS) is 12.6. The molecule has 0 fully saturated rings. The molecular weight excluding hydrogens is 426 g/mol. The fourth-order valence-corrected chi connectivity index (χ4v) is 6.42. The molecule has 168 valence electrons. The summed E-state index contributed by atoms with van der Waals surface area (Å²) in [5, 5.41) is 14.9. The van der Waals surface area contributed by atoms with Crippen molar-refractivity contribution in [2.24, 2.45) is 0 Å². The van der Waals surface area contributed by atoms with E-state index in [-0.39, 0.29) is 0 Å². The van der Waals surface area contributed by atoms with Gasteiger partial charge in [0.2, 0.25) is 0 Å². The molecule has 0 unspecified atom stereocenters. The lowest BCUT2D eigenvalue weighted by Crippen LogP contribution is -2.49. The Hall–Kier alpha value is -2.65. The van der Waals surface area contributed by atoms with Crippen molar-refractivity contribution in [1.82, 2.24) is 0 Å². The van der Waals surface area contributed by atoms with Gasteiger partial charge in [-0.25, -0.2) is 0 Å². The predicted molar refractivity (Wildman–Crippen MR) is 142 cm³/mol. The monoisotopic (exact) mass is 456 g/mol. The summed E-state index contributed by atoms with van der Waals surface area (Å²) in [6.07, 6.45) is 0. The van der Waals surface area contributed by atoms with Crippen LogP contribution in [0.3, 0.4) is 0 Å². The van der Waals surface area contributed by atoms with E-state index in [0.717, 1.165) is 32.1 Å². The van der Waals surface area contributed by atoms with E-state index < -0.39 is 18.3 Å². The number of rotatable bonds is 7. The Kier molecular flexibility index (Phi) is 6.38. The van der Waals surface area contributed by atoms with E-state index in [2.05, 4.69) is 12.1 Å². The summed E-state index contributed by atoms with van der Waals surface area (Å²) < 4.78 is 20.6. The third kappa shape index (κ3) is 4.70. The number of benzene rings is 4. The summed E-state index contributed by atoms with van der Waals surface area (Å²) >= 11 is 0. The van der Waals surface area contributed by atoms with Gasteiger partial charge in [0.25, 0.3) is 0 Å². The Morgan fingerprint density at radius 3 is 1.76 bits per heavy atom. The van der Waals surface area contributed by atoms with Crippen molar-refractivity contribution in [3.63, 3.8) is 0 Å². The molecule has 0 heterocycles. The lowest BCUT2D eigenvalue weighted by molar-refractivity contribution is -0.0893. The molecule has 4 aromatic rings. The number of aliphatic hydroxyl groups is 1. The molecule has 0 bridgehead atoms. The van der Waals surface area contributed by atoms with Crippen LogP contribution in [0.5, 0.6) is 0 Å². The Morgan fingerprint density at radius 1 is 0.697 bits per heavy atom. The average molecular weight is 456 g/mol. The van der Waals surface area contributed by atoms with Crippen LogP contribution in [-0.2, 0) is 9.22 Å². The van der Waals surface area contributed by atoms with Gasteiger partial charge < -0.3 is 14.3 Å². The first kappa shape index (κ1) is 23.5. The molecule has 3 nitrogen and oxygen atoms in total. The molecule has 0 spiro atoms. The average Bonchev–Trinajstić information content (AvgIpc) is 2.82. The summed E-state index contributed by atoms with van der Waals surface area (Å²) in [5.74, 6) is 0. The van der Waals surface area contributed by atoms with E-state index in [1.54, 1.807) is 13.8 Å². The standard InChI is InChI=1S/C28H30BO3P/c1-27(2,30)28(3,4)32-29-23-17-15-22-20-26(18-16-21(22)19-23)33(31,24-11-7-5-8-12-24)25-13-9-6-10-14-25/h5-20,29-30H,1-4H3. The topological polar surface area (TPSA) is 46.5 Å². The van der Waals surface area contributed by atoms with Gasteiger partial charge in [0.1, 0.15) is 0 Å². The van der Waals surface area contributed by atoms with Crippen LogP contribution in [0.4, 0.5) is 0 Å². The maximum atomic E-state index is 14.6. The van der Waals surface area contributed by atoms with Crippen LogP contribution >= 0.6 is 7.14 Å². The fourth-order valence-electron chi connectivity index (χ4n) is 3.73. The van der Waals surface area contributed by atoms with Gasteiger partial charge in [0.15, 0.2) is 7.14 Å². The Morgan fingerprint density at radius 2 is 1.21 bits per heavy atom. The minimum absolute atomic E-state index is 0.404. The van der Waals surface area contributed by atoms with E-state index in [9.17, 15) is 9.67 Å². The molecule has 0 aliphatic carbocycles. The van der Waals surface area contributed by atoms with Crippen molar-refractivity contribution in [3.05, 3.63) is 97.1 Å². The molecule has 0 aliphatic heterocycles. The summed E-state index contributed by atoms with van der Waals surface area (Å²) in [5.41, 5.74) is -0.597. The molecule has 0 saturated heterocycles. The fraction of sp³-hybridized carbons (Fsp3) is 0.214. The molecule has 33 heavy (non-hydrogen) atoms. The maximum absolute atomic E-state index is 14.6. The van der Waals surface area contributed by atoms with E-state index in [1.165, 1.54) is 0 Å². The molecule has 0 saturated carbocycles. The minimum atomic E-state index is -3.00. The smallest absolute Gasteiger partial charge is 0.309 e. The van der Waals surface area contributed by atoms with Crippen molar-refractivity contribution in [2.75, 3.05) is 0 Å². The van der Waals surface area contributed by atoms with Gasteiger partial charge in [0.05, 0.1) is 11.2 Å². The van der Waals surface area contributed by atoms with Crippen molar-refractivity contribution >= 4 is 46.8 Å². The van der Waals surface area contributed by atoms with E-state index in [4.69, 9.17) is 4.65 Å². The minimum Gasteiger partial charge on any atom is -0.427 e.